The van der Waals surface area contributed by atoms with Crippen LogP contribution < -0.4 is 40.2 Å². The molecule has 9 aromatic carbocycles. The molecule has 2 aliphatic rings. The van der Waals surface area contributed by atoms with Crippen molar-refractivity contribution in [1.29, 1.82) is 0 Å². The summed E-state index contributed by atoms with van der Waals surface area (Å²) in [5, 5.41) is 12.9. The highest BCUT2D eigenvalue weighted by atomic mass is 16.5. The van der Waals surface area contributed by atoms with Gasteiger partial charge in [-0.05, 0) is 176 Å². The molecule has 0 aliphatic carbocycles. The molecule has 2 heterocycles. The molecule has 2 aliphatic heterocycles. The topological polar surface area (TPSA) is 269 Å². The number of benzene rings is 9. The van der Waals surface area contributed by atoms with Crippen LogP contribution in [0.2, 0.25) is 0 Å². The van der Waals surface area contributed by atoms with Gasteiger partial charge in [0, 0.05) is 118 Å². The van der Waals surface area contributed by atoms with Crippen LogP contribution in [0.4, 0.5) is 0 Å². The SMILES string of the molecule is C=C(C)C(=O)NCCc1ccc(Oc2cc3c4c(cc(Oc5ccc(CCNC(=O)C(=C)C)cc5)c5c6c(Oc7ccc(CCNC(=O)C(=C)C)cc7)cc7c8c(cc(Oc9ccc(CCNC(=O)C(=C)C)cc9)c(c2c45)c86)C(=O)N(CC(=O)N(CC)CC)C7=O)C(=O)N(CC(=O)N(CC)CC)C3=O)cc1. The van der Waals surface area contributed by atoms with Gasteiger partial charge in [-0.2, -0.15) is 0 Å². The lowest BCUT2D eigenvalue weighted by Gasteiger charge is -2.33. The highest BCUT2D eigenvalue weighted by Gasteiger charge is 2.43. The van der Waals surface area contributed by atoms with Gasteiger partial charge in [-0.15, -0.1) is 0 Å². The summed E-state index contributed by atoms with van der Waals surface area (Å²) in [5.74, 6) is -4.38. The Morgan fingerprint density at radius 1 is 0.330 bits per heavy atom. The van der Waals surface area contributed by atoms with Crippen molar-refractivity contribution >= 4 is 102 Å². The van der Waals surface area contributed by atoms with Crippen molar-refractivity contribution in [3.8, 4) is 46.0 Å². The summed E-state index contributed by atoms with van der Waals surface area (Å²) in [6.45, 7) is 29.7. The van der Waals surface area contributed by atoms with Gasteiger partial charge < -0.3 is 50.0 Å². The number of likely N-dealkylation sites (N-methyl/N-ethyl adjacent to an activating group) is 2. The normalized spacial score (nSPS) is 12.3. The molecule has 0 spiro atoms. The van der Waals surface area contributed by atoms with Crippen LogP contribution in [0.5, 0.6) is 46.0 Å². The van der Waals surface area contributed by atoms with E-state index < -0.39 is 48.5 Å². The summed E-state index contributed by atoms with van der Waals surface area (Å²) in [7, 11) is 0. The van der Waals surface area contributed by atoms with E-state index >= 15 is 19.2 Å². The van der Waals surface area contributed by atoms with E-state index in [1.165, 1.54) is 34.1 Å². The van der Waals surface area contributed by atoms with Crippen LogP contribution in [-0.2, 0) is 54.5 Å². The standard InChI is InChI=1S/C84H84N8O14/c1-13-89(14-2)67(93)45-91-81(99)59-41-63(103-55-25-17-51(18-26-55)33-37-85-77(95)47(5)6)71-73-65(105-57-29-21-53(22-30-57)35-39-87-79(97)49(9)10)43-61-70-62(84(102)92(83(61)101)46-68(94)90(15-3)16-4)44-66(106-58-31-23-54(24-32-58)36-40-88-80(98)50(11)12)74(76(70)73)72-64(42-60(82(91)100)69(59)75(71)72)104-56-27-19-52(20-28-56)34-38-86-78(96)48(7)8/h17-32,41-44H,5,7,9,11,13-16,33-40,45-46H2,1-4,6,8,10,12H3,(H,85,95)(H,86,96)(H,87,97)(H,88,98). The number of fused-ring (bicyclic) bond motifs is 2. The maximum Gasteiger partial charge on any atom is 0.262 e. The Hall–Kier alpha value is -12.5. The van der Waals surface area contributed by atoms with E-state index in [1.54, 1.807) is 104 Å². The van der Waals surface area contributed by atoms with E-state index in [-0.39, 0.29) is 161 Å². The number of nitrogens with zero attached hydrogens (tertiary/aromatic N) is 4. The number of hydrogen-bond acceptors (Lipinski definition) is 14. The second-order valence-electron chi connectivity index (χ2n) is 26.3. The number of carbonyl (C=O) groups excluding carboxylic acids is 10. The third-order valence-corrected chi connectivity index (χ3v) is 18.8. The average molecular weight is 1430 g/mol. The minimum absolute atomic E-state index is 0.00916. The molecular formula is C84H84N8O14. The van der Waals surface area contributed by atoms with E-state index in [2.05, 4.69) is 47.6 Å². The van der Waals surface area contributed by atoms with Crippen molar-refractivity contribution in [3.63, 3.8) is 0 Å². The zero-order valence-corrected chi connectivity index (χ0v) is 60.8. The third kappa shape index (κ3) is 15.6. The molecule has 544 valence electrons. The van der Waals surface area contributed by atoms with Crippen LogP contribution in [0, 0.1) is 0 Å². The predicted octanol–water partition coefficient (Wildman–Crippen LogP) is 12.8. The van der Waals surface area contributed by atoms with Crippen LogP contribution in [0.15, 0.2) is 170 Å². The highest BCUT2D eigenvalue weighted by Crippen LogP contribution is 2.58. The molecule has 22 heteroatoms. The molecule has 10 amide bonds. The van der Waals surface area contributed by atoms with Crippen LogP contribution >= 0.6 is 0 Å². The first-order valence-corrected chi connectivity index (χ1v) is 35.3. The molecular weight excluding hydrogens is 1340 g/mol. The van der Waals surface area contributed by atoms with Crippen molar-refractivity contribution in [2.45, 2.75) is 81.1 Å². The Bertz CT molecular complexity index is 4510. The summed E-state index contributed by atoms with van der Waals surface area (Å²) in [6, 6.07) is 34.4. The number of nitrogens with one attached hydrogen (secondary N) is 4. The first kappa shape index (κ1) is 74.7. The molecule has 0 atom stereocenters. The molecule has 11 rings (SSSR count). The molecule has 0 saturated heterocycles. The maximum atomic E-state index is 15.8. The summed E-state index contributed by atoms with van der Waals surface area (Å²) in [4.78, 5) is 147. The monoisotopic (exact) mass is 1430 g/mol. The van der Waals surface area contributed by atoms with Gasteiger partial charge in [-0.25, -0.2) is 0 Å². The Balaban J connectivity index is 1.25. The lowest BCUT2D eigenvalue weighted by atomic mass is 9.80. The second kappa shape index (κ2) is 32.1. The van der Waals surface area contributed by atoms with Gasteiger partial charge in [0.05, 0.1) is 22.3 Å². The molecule has 106 heavy (non-hydrogen) atoms. The number of rotatable bonds is 32. The van der Waals surface area contributed by atoms with Gasteiger partial charge in [0.1, 0.15) is 59.1 Å². The highest BCUT2D eigenvalue weighted by molar-refractivity contribution is 6.45. The summed E-state index contributed by atoms with van der Waals surface area (Å²) < 4.78 is 28.7. The number of carbonyl (C=O) groups is 10. The van der Waals surface area contributed by atoms with Gasteiger partial charge in [-0.3, -0.25) is 57.7 Å². The number of imide groups is 2. The fourth-order valence-electron chi connectivity index (χ4n) is 13.1. The fourth-order valence-corrected chi connectivity index (χ4v) is 13.1. The van der Waals surface area contributed by atoms with E-state index in [1.807, 2.05) is 48.5 Å². The number of amides is 10. The summed E-state index contributed by atoms with van der Waals surface area (Å²) in [6.07, 6.45) is 1.72. The van der Waals surface area contributed by atoms with Crippen molar-refractivity contribution in [2.75, 3.05) is 65.4 Å². The van der Waals surface area contributed by atoms with Crippen LogP contribution in [0.25, 0.3) is 43.1 Å². The minimum atomic E-state index is -0.825. The fraction of sp³-hybridized carbons (Fsp3) is 0.262. The third-order valence-electron chi connectivity index (χ3n) is 18.8. The van der Waals surface area contributed by atoms with Crippen LogP contribution in [0.3, 0.4) is 0 Å². The van der Waals surface area contributed by atoms with E-state index in [4.69, 9.17) is 18.9 Å². The molecule has 9 aromatic rings. The minimum Gasteiger partial charge on any atom is -0.457 e. The predicted molar refractivity (Wildman–Crippen MR) is 406 cm³/mol. The van der Waals surface area contributed by atoms with Gasteiger partial charge in [-0.1, -0.05) is 74.8 Å². The Labute approximate surface area is 614 Å². The van der Waals surface area contributed by atoms with E-state index in [9.17, 15) is 28.8 Å². The molecule has 4 N–H and O–H groups in total. The lowest BCUT2D eigenvalue weighted by molar-refractivity contribution is -0.131. The van der Waals surface area contributed by atoms with Gasteiger partial charge in [0.2, 0.25) is 35.4 Å². The number of hydrogen-bond donors (Lipinski definition) is 4. The second-order valence-corrected chi connectivity index (χ2v) is 26.3. The Morgan fingerprint density at radius 3 is 0.726 bits per heavy atom. The molecule has 0 radical (unpaired) electrons. The van der Waals surface area contributed by atoms with E-state index in [0.29, 0.717) is 74.2 Å². The van der Waals surface area contributed by atoms with Crippen molar-refractivity contribution in [1.82, 2.24) is 40.9 Å². The smallest absolute Gasteiger partial charge is 0.262 e. The first-order valence-electron chi connectivity index (χ1n) is 35.3. The van der Waals surface area contributed by atoms with E-state index in [0.717, 1.165) is 32.1 Å². The largest absolute Gasteiger partial charge is 0.457 e. The van der Waals surface area contributed by atoms with Crippen LogP contribution in [0.1, 0.15) is 119 Å². The lowest BCUT2D eigenvalue weighted by Crippen LogP contribution is -2.47. The quantitative estimate of drug-likeness (QED) is 0.0132. The molecule has 0 fully saturated rings. The number of ether oxygens (including phenoxy) is 4. The average Bonchev–Trinajstić information content (AvgIpc) is 0.671. The summed E-state index contributed by atoms with van der Waals surface area (Å²) >= 11 is 0. The molecule has 22 nitrogen and oxygen atoms in total. The van der Waals surface area contributed by atoms with Gasteiger partial charge >= 0.3 is 0 Å². The first-order chi connectivity index (χ1) is 50.8. The van der Waals surface area contributed by atoms with Crippen LogP contribution in [-0.4, -0.2) is 144 Å². The van der Waals surface area contributed by atoms with Crippen molar-refractivity contribution in [3.05, 3.63) is 214 Å². The Morgan fingerprint density at radius 2 is 0.538 bits per heavy atom. The zero-order chi connectivity index (χ0) is 75.9. The molecule has 0 aromatic heterocycles. The molecule has 0 saturated carbocycles. The van der Waals surface area contributed by atoms with Crippen molar-refractivity contribution < 1.29 is 66.9 Å². The molecule has 0 bridgehead atoms. The Kier molecular flexibility index (Phi) is 22.6. The summed E-state index contributed by atoms with van der Waals surface area (Å²) in [5.41, 5.74) is 4.55. The van der Waals surface area contributed by atoms with Crippen molar-refractivity contribution in [2.24, 2.45) is 0 Å². The maximum absolute atomic E-state index is 15.8. The van der Waals surface area contributed by atoms with Gasteiger partial charge in [0.25, 0.3) is 23.6 Å². The zero-order valence-electron chi connectivity index (χ0n) is 60.8. The van der Waals surface area contributed by atoms with Gasteiger partial charge in [0.15, 0.2) is 0 Å². The molecule has 0 unspecified atom stereocenters.